The number of hydrogen-bond acceptors (Lipinski definition) is 3. The van der Waals surface area contributed by atoms with Gasteiger partial charge >= 0.3 is 7.94 Å². The Hall–Kier alpha value is -0.470. The molecular weight excluding hydrogens is 247 g/mol. The van der Waals surface area contributed by atoms with E-state index in [0.717, 1.165) is 24.0 Å². The first-order valence-corrected chi connectivity index (χ1v) is 8.05. The van der Waals surface area contributed by atoms with Gasteiger partial charge in [-0.2, -0.15) is 14.7 Å². The SMILES string of the molecule is CC(C)Cc1cccc([P+](O)(O)O)c1CC(C)C. The topological polar surface area (TPSA) is 60.7 Å². The van der Waals surface area contributed by atoms with Crippen LogP contribution in [0.1, 0.15) is 38.8 Å². The average Bonchev–Trinajstić information content (AvgIpc) is 2.17. The second-order valence-corrected chi connectivity index (χ2v) is 7.30. The van der Waals surface area contributed by atoms with E-state index in [0.29, 0.717) is 17.1 Å². The van der Waals surface area contributed by atoms with Gasteiger partial charge in [-0.3, -0.25) is 0 Å². The Kier molecular flexibility index (Phi) is 5.30. The Balaban J connectivity index is 3.25. The van der Waals surface area contributed by atoms with Gasteiger partial charge < -0.3 is 0 Å². The first-order chi connectivity index (χ1) is 8.21. The molecule has 0 saturated heterocycles. The summed E-state index contributed by atoms with van der Waals surface area (Å²) in [5.74, 6) is 0.901. The molecule has 0 aromatic heterocycles. The number of rotatable bonds is 5. The standard InChI is InChI=1S/C14H24O3P/c1-10(2)8-12-6-5-7-14(18(15,16)17)13(12)9-11(3)4/h5-7,10-11,15-17H,8-9H2,1-4H3/q+1. The smallest absolute Gasteiger partial charge is 0.189 e. The number of benzene rings is 1. The van der Waals surface area contributed by atoms with Crippen LogP contribution in [0.4, 0.5) is 0 Å². The minimum absolute atomic E-state index is 0.314. The summed E-state index contributed by atoms with van der Waals surface area (Å²) >= 11 is 0. The molecule has 4 heteroatoms. The van der Waals surface area contributed by atoms with Gasteiger partial charge in [-0.25, -0.2) is 0 Å². The van der Waals surface area contributed by atoms with Crippen molar-refractivity contribution in [1.82, 2.24) is 0 Å². The fourth-order valence-electron chi connectivity index (χ4n) is 2.18. The van der Waals surface area contributed by atoms with Crippen LogP contribution in [0.3, 0.4) is 0 Å². The third-order valence-electron chi connectivity index (χ3n) is 2.81. The van der Waals surface area contributed by atoms with Crippen LogP contribution >= 0.6 is 7.94 Å². The van der Waals surface area contributed by atoms with E-state index in [4.69, 9.17) is 0 Å². The largest absolute Gasteiger partial charge is 0.441 e. The summed E-state index contributed by atoms with van der Waals surface area (Å²) < 4.78 is 0. The first kappa shape index (κ1) is 15.6. The zero-order chi connectivity index (χ0) is 13.9. The molecule has 102 valence electrons. The zero-order valence-electron chi connectivity index (χ0n) is 11.6. The van der Waals surface area contributed by atoms with Crippen LogP contribution < -0.4 is 5.30 Å². The minimum Gasteiger partial charge on any atom is -0.189 e. The Bertz CT molecular complexity index is 395. The molecule has 0 aliphatic heterocycles. The van der Waals surface area contributed by atoms with Crippen LogP contribution in [0, 0.1) is 11.8 Å². The van der Waals surface area contributed by atoms with Crippen molar-refractivity contribution in [3.63, 3.8) is 0 Å². The van der Waals surface area contributed by atoms with Crippen molar-refractivity contribution in [1.29, 1.82) is 0 Å². The minimum atomic E-state index is -3.93. The Morgan fingerprint density at radius 1 is 0.944 bits per heavy atom. The fraction of sp³-hybridized carbons (Fsp3) is 0.571. The van der Waals surface area contributed by atoms with Gasteiger partial charge in [0.05, 0.1) is 0 Å². The molecule has 0 heterocycles. The highest BCUT2D eigenvalue weighted by atomic mass is 31.2. The van der Waals surface area contributed by atoms with Crippen molar-refractivity contribution in [2.24, 2.45) is 11.8 Å². The summed E-state index contributed by atoms with van der Waals surface area (Å²) in [5, 5.41) is 0.314. The van der Waals surface area contributed by atoms with E-state index in [1.54, 1.807) is 12.1 Å². The molecule has 0 radical (unpaired) electrons. The molecule has 0 saturated carbocycles. The monoisotopic (exact) mass is 271 g/mol. The van der Waals surface area contributed by atoms with Crippen molar-refractivity contribution >= 4 is 13.2 Å². The third-order valence-corrected chi connectivity index (χ3v) is 3.88. The van der Waals surface area contributed by atoms with Gasteiger partial charge in [0.2, 0.25) is 0 Å². The molecule has 0 bridgehead atoms. The second kappa shape index (κ2) is 6.12. The van der Waals surface area contributed by atoms with E-state index in [2.05, 4.69) is 27.7 Å². The lowest BCUT2D eigenvalue weighted by atomic mass is 9.93. The van der Waals surface area contributed by atoms with Crippen LogP contribution in [0.25, 0.3) is 0 Å². The van der Waals surface area contributed by atoms with E-state index >= 15 is 0 Å². The fourth-order valence-corrected chi connectivity index (χ4v) is 3.06. The van der Waals surface area contributed by atoms with Gasteiger partial charge in [-0.05, 0) is 36.3 Å². The summed E-state index contributed by atoms with van der Waals surface area (Å²) in [5.41, 5.74) is 2.01. The summed E-state index contributed by atoms with van der Waals surface area (Å²) in [6, 6.07) is 5.42. The molecule has 3 nitrogen and oxygen atoms in total. The Labute approximate surface area is 110 Å². The molecule has 0 fully saturated rings. The van der Waals surface area contributed by atoms with Crippen LogP contribution in [0.5, 0.6) is 0 Å². The zero-order valence-corrected chi connectivity index (χ0v) is 12.5. The summed E-state index contributed by atoms with van der Waals surface area (Å²) in [4.78, 5) is 28.7. The second-order valence-electron chi connectivity index (χ2n) is 5.68. The van der Waals surface area contributed by atoms with Crippen molar-refractivity contribution in [2.45, 2.75) is 40.5 Å². The summed E-state index contributed by atoms with van der Waals surface area (Å²) in [7, 11) is -3.93. The molecular formula is C14H24O3P+. The third kappa shape index (κ3) is 4.33. The Morgan fingerprint density at radius 3 is 1.94 bits per heavy atom. The maximum absolute atomic E-state index is 9.56. The highest BCUT2D eigenvalue weighted by Gasteiger charge is 2.37. The molecule has 1 aromatic carbocycles. The molecule has 1 rings (SSSR count). The van der Waals surface area contributed by atoms with Crippen molar-refractivity contribution in [3.05, 3.63) is 29.3 Å². The van der Waals surface area contributed by atoms with Crippen molar-refractivity contribution in [3.8, 4) is 0 Å². The molecule has 0 atom stereocenters. The molecule has 0 unspecified atom stereocenters. The predicted octanol–water partition coefficient (Wildman–Crippen LogP) is 2.45. The molecule has 3 N–H and O–H groups in total. The van der Waals surface area contributed by atoms with Gasteiger partial charge in [0.1, 0.15) is 0 Å². The van der Waals surface area contributed by atoms with Crippen LogP contribution in [-0.2, 0) is 12.8 Å². The van der Waals surface area contributed by atoms with E-state index < -0.39 is 7.94 Å². The maximum atomic E-state index is 9.56. The summed E-state index contributed by atoms with van der Waals surface area (Å²) in [6.07, 6.45) is 1.64. The lowest BCUT2D eigenvalue weighted by Crippen LogP contribution is -2.19. The maximum Gasteiger partial charge on any atom is 0.441 e. The molecule has 0 amide bonds. The number of hydrogen-bond donors (Lipinski definition) is 3. The van der Waals surface area contributed by atoms with Gasteiger partial charge in [0.15, 0.2) is 5.30 Å². The molecule has 18 heavy (non-hydrogen) atoms. The predicted molar refractivity (Wildman–Crippen MR) is 76.7 cm³/mol. The highest BCUT2D eigenvalue weighted by molar-refractivity contribution is 7.66. The van der Waals surface area contributed by atoms with Gasteiger partial charge in [0.25, 0.3) is 0 Å². The van der Waals surface area contributed by atoms with Crippen LogP contribution in [-0.4, -0.2) is 14.7 Å². The molecule has 0 aliphatic carbocycles. The summed E-state index contributed by atoms with van der Waals surface area (Å²) in [6.45, 7) is 8.43. The quantitative estimate of drug-likeness (QED) is 0.721. The molecule has 0 spiro atoms. The highest BCUT2D eigenvalue weighted by Crippen LogP contribution is 2.45. The van der Waals surface area contributed by atoms with Crippen LogP contribution in [0.2, 0.25) is 0 Å². The van der Waals surface area contributed by atoms with Crippen molar-refractivity contribution < 1.29 is 14.7 Å². The van der Waals surface area contributed by atoms with E-state index in [-0.39, 0.29) is 0 Å². The van der Waals surface area contributed by atoms with E-state index in [1.807, 2.05) is 6.07 Å². The molecule has 0 aliphatic rings. The normalized spacial score (nSPS) is 12.5. The van der Waals surface area contributed by atoms with Crippen molar-refractivity contribution in [2.75, 3.05) is 0 Å². The van der Waals surface area contributed by atoms with E-state index in [1.165, 1.54) is 0 Å². The van der Waals surface area contributed by atoms with Gasteiger partial charge in [-0.1, -0.05) is 39.8 Å². The Morgan fingerprint density at radius 2 is 1.50 bits per heavy atom. The van der Waals surface area contributed by atoms with Crippen LogP contribution in [0.15, 0.2) is 18.2 Å². The van der Waals surface area contributed by atoms with E-state index in [9.17, 15) is 14.7 Å². The van der Waals surface area contributed by atoms with Gasteiger partial charge in [-0.15, -0.1) is 0 Å². The van der Waals surface area contributed by atoms with Gasteiger partial charge in [0, 0.05) is 5.56 Å². The average molecular weight is 271 g/mol. The lowest BCUT2D eigenvalue weighted by molar-refractivity contribution is 0.346. The molecule has 1 aromatic rings. The lowest BCUT2D eigenvalue weighted by Gasteiger charge is -2.17. The first-order valence-electron chi connectivity index (χ1n) is 6.40.